The van der Waals surface area contributed by atoms with Crippen molar-refractivity contribution in [2.45, 2.75) is 336 Å². The second-order valence-electron chi connectivity index (χ2n) is 19.0. The number of hydrogen-bond donors (Lipinski definition) is 0. The third-order valence-corrected chi connectivity index (χ3v) is 12.7. The first-order valence-corrected chi connectivity index (χ1v) is 34.8. The van der Waals surface area contributed by atoms with E-state index in [9.17, 15) is 0 Å². The van der Waals surface area contributed by atoms with Crippen molar-refractivity contribution in [3.05, 3.63) is 10.6 Å². The Labute approximate surface area is 407 Å². The number of nitrogens with zero attached hydrogens (tertiary/aromatic N) is 2. The van der Waals surface area contributed by atoms with E-state index in [1.54, 1.807) is 0 Å². The Balaban J connectivity index is -0.00000139. The fourth-order valence-corrected chi connectivity index (χ4v) is 8.48. The van der Waals surface area contributed by atoms with Gasteiger partial charge in [0.15, 0.2) is 0 Å². The molecule has 61 heavy (non-hydrogen) atoms. The van der Waals surface area contributed by atoms with Crippen molar-refractivity contribution in [1.82, 2.24) is 0 Å². The van der Waals surface area contributed by atoms with E-state index in [2.05, 4.69) is 33.0 Å². The Hall–Kier alpha value is 1.38. The van der Waals surface area contributed by atoms with E-state index in [1.807, 2.05) is 0 Å². The molecule has 0 heterocycles. The third-order valence-electron chi connectivity index (χ3n) is 12.7. The fourth-order valence-electron chi connectivity index (χ4n) is 8.48. The van der Waals surface area contributed by atoms with Gasteiger partial charge in [-0.2, -0.15) is 0 Å². The Morgan fingerprint density at radius 2 is 0.295 bits per heavy atom. The first kappa shape index (κ1) is 66.7. The van der Waals surface area contributed by atoms with Gasteiger partial charge in [-0.15, -0.1) is 26.2 Å². The van der Waals surface area contributed by atoms with Crippen molar-refractivity contribution in [2.24, 2.45) is 0 Å². The Kier molecular flexibility index (Phi) is 76.9. The zero-order chi connectivity index (χ0) is 44.9. The molecule has 0 saturated carbocycles. The normalized spacial score (nSPS) is 11.0. The predicted molar refractivity (Wildman–Crippen MR) is 282 cm³/mol. The molecule has 0 aromatic heterocycles. The molecule has 368 valence electrons. The first-order chi connectivity index (χ1) is 30.2. The number of rotatable bonds is 52. The van der Waals surface area contributed by atoms with Crippen molar-refractivity contribution in [3.8, 4) is 0 Å². The summed E-state index contributed by atoms with van der Waals surface area (Å²) in [4.78, 5) is 0. The van der Waals surface area contributed by atoms with Gasteiger partial charge in [-0.3, -0.25) is 0 Å². The van der Waals surface area contributed by atoms with E-state index in [0.717, 1.165) is 26.2 Å². The van der Waals surface area contributed by atoms with Gasteiger partial charge in [0.25, 0.3) is 0 Å². The van der Waals surface area contributed by atoms with Gasteiger partial charge < -0.3 is 10.6 Å². The maximum atomic E-state index is 4.93. The molecule has 0 aromatic rings. The summed E-state index contributed by atoms with van der Waals surface area (Å²) >= 11 is -0.826. The summed E-state index contributed by atoms with van der Waals surface area (Å²) < 4.78 is 0. The first-order valence-electron chi connectivity index (χ1n) is 28.5. The van der Waals surface area contributed by atoms with Crippen LogP contribution < -0.4 is 0 Å². The second kappa shape index (κ2) is 70.4. The summed E-state index contributed by atoms with van der Waals surface area (Å²) in [6, 6.07) is 0. The molecule has 0 rings (SSSR count). The molecule has 0 bridgehead atoms. The summed E-state index contributed by atoms with van der Waals surface area (Å²) in [5.41, 5.74) is 0. The van der Waals surface area contributed by atoms with Gasteiger partial charge in [-0.1, -0.05) is 336 Å². The topological polar surface area (TPSA) is 28.2 Å². The van der Waals surface area contributed by atoms with E-state index < -0.39 is 20.8 Å². The van der Waals surface area contributed by atoms with Crippen LogP contribution in [0.2, 0.25) is 0 Å². The van der Waals surface area contributed by atoms with E-state index in [-0.39, 0.29) is 0 Å². The van der Waals surface area contributed by atoms with Crippen molar-refractivity contribution >= 4 is 17.0 Å². The van der Waals surface area contributed by atoms with E-state index in [1.165, 1.54) is 308 Å². The molecule has 0 saturated heterocycles. The van der Waals surface area contributed by atoms with E-state index in [4.69, 9.17) is 22.3 Å². The average molecular weight is 980 g/mol. The van der Waals surface area contributed by atoms with Gasteiger partial charge in [-0.25, -0.2) is 0 Å². The molecule has 0 fully saturated rings. The molecule has 2 nitrogen and oxygen atoms in total. The van der Waals surface area contributed by atoms with Crippen LogP contribution >= 0.6 is 17.0 Å². The van der Waals surface area contributed by atoms with Gasteiger partial charge in [0.05, 0.1) is 0 Å². The number of unbranched alkanes of at least 4 members (excludes halogenated alkanes) is 44. The minimum atomic E-state index is -0.826. The quantitative estimate of drug-likeness (QED) is 0.0544. The van der Waals surface area contributed by atoms with Gasteiger partial charge in [0.2, 0.25) is 0 Å². The molecule has 0 aliphatic heterocycles. The van der Waals surface area contributed by atoms with E-state index >= 15 is 0 Å². The van der Waals surface area contributed by atoms with Crippen LogP contribution in [0.5, 0.6) is 0 Å². The van der Waals surface area contributed by atoms with Gasteiger partial charge in [0.1, 0.15) is 0 Å². The van der Waals surface area contributed by atoms with Crippen LogP contribution in [0.25, 0.3) is 10.6 Å². The summed E-state index contributed by atoms with van der Waals surface area (Å²) in [5, 5.41) is 9.40. The molecule has 5 heteroatoms. The predicted octanol–water partition coefficient (Wildman–Crippen LogP) is 22.9. The second-order valence-corrected chi connectivity index (χ2v) is 22.7. The average Bonchev–Trinajstić information content (AvgIpc) is 3.27. The number of hydrogen-bond acceptors (Lipinski definition) is 0. The summed E-state index contributed by atoms with van der Waals surface area (Å²) in [5.74, 6) is 0. The summed E-state index contributed by atoms with van der Waals surface area (Å²) in [7, 11) is 9.87. The Morgan fingerprint density at radius 1 is 0.197 bits per heavy atom. The van der Waals surface area contributed by atoms with Gasteiger partial charge in [0, 0.05) is 0 Å². The summed E-state index contributed by atoms with van der Waals surface area (Å²) in [6.45, 7) is 13.6. The Bertz CT molecular complexity index is 617. The van der Waals surface area contributed by atoms with Crippen LogP contribution in [0.15, 0.2) is 0 Å². The van der Waals surface area contributed by atoms with Crippen molar-refractivity contribution in [2.75, 3.05) is 26.2 Å². The van der Waals surface area contributed by atoms with Crippen LogP contribution in [0.3, 0.4) is 0 Å². The van der Waals surface area contributed by atoms with Crippen LogP contribution in [-0.4, -0.2) is 26.2 Å². The molecule has 0 aliphatic rings. The van der Waals surface area contributed by atoms with Crippen LogP contribution in [0.1, 0.15) is 336 Å². The standard InChI is InChI=1S/C40H82N.C16H34N.2ClH.Zr/c1-3-5-7-9-11-13-15-17-19-21-23-25-27-29-31-33-35-37-39-41-40-38-36-34-32-30-28-26-24-22-20-18-16-14-12-10-8-6-4-2;1-3-5-7-9-11-13-15-17-16-14-12-10-8-6-4-2;;;/h3-40H2,1-2H3;3-16H2,1-2H3;2*1H;/q2*-1;;;+4/p-2. The van der Waals surface area contributed by atoms with E-state index in [0.29, 0.717) is 0 Å². The van der Waals surface area contributed by atoms with Crippen molar-refractivity contribution in [1.29, 1.82) is 0 Å². The molecule has 0 amide bonds. The van der Waals surface area contributed by atoms with Crippen molar-refractivity contribution in [3.63, 3.8) is 0 Å². The zero-order valence-corrected chi connectivity index (χ0v) is 46.9. The molecular formula is C56H116Cl2N2Zr. The summed E-state index contributed by atoms with van der Waals surface area (Å²) in [6.07, 6.45) is 69.0. The molecule has 0 atom stereocenters. The molecule has 0 aliphatic carbocycles. The number of halogens is 2. The third kappa shape index (κ3) is 76.0. The van der Waals surface area contributed by atoms with Gasteiger partial charge >= 0.3 is 37.9 Å². The van der Waals surface area contributed by atoms with Crippen molar-refractivity contribution < 1.29 is 20.8 Å². The Morgan fingerprint density at radius 3 is 0.410 bits per heavy atom. The van der Waals surface area contributed by atoms with Gasteiger partial charge in [-0.05, 0) is 0 Å². The van der Waals surface area contributed by atoms with Crippen LogP contribution in [0.4, 0.5) is 0 Å². The maximum absolute atomic E-state index is 4.93. The zero-order valence-electron chi connectivity index (χ0n) is 42.9. The molecule has 0 spiro atoms. The monoisotopic (exact) mass is 977 g/mol. The van der Waals surface area contributed by atoms with Crippen LogP contribution in [0, 0.1) is 0 Å². The molecule has 0 unspecified atom stereocenters. The SMILES string of the molecule is CCCCCCCCCCCCCCCCCCCC[N-]CCCCCCCCCCCCCCCCCCCC.CCCCCCCC[N-]CCCCCCCC.[Cl][Zr+2][Cl]. The fraction of sp³-hybridized carbons (Fsp3) is 1.00. The molecular weight excluding hydrogens is 863 g/mol. The molecule has 0 radical (unpaired) electrons. The minimum absolute atomic E-state index is 0.826. The van der Waals surface area contributed by atoms with Crippen LogP contribution in [-0.2, 0) is 20.8 Å². The molecule has 0 aromatic carbocycles. The molecule has 0 N–H and O–H groups in total.